The van der Waals surface area contributed by atoms with Gasteiger partial charge in [-0.05, 0) is 107 Å². The molecule has 17 heteroatoms. The molecule has 2 N–H and O–H groups in total. The molecule has 1 saturated carbocycles. The lowest BCUT2D eigenvalue weighted by Crippen LogP contribution is -2.61. The number of methoxy groups -OCH3 is 4. The van der Waals surface area contributed by atoms with Gasteiger partial charge in [0.1, 0.15) is 30.1 Å². The van der Waals surface area contributed by atoms with Crippen LogP contribution in [0.15, 0.2) is 47.6 Å². The first kappa shape index (κ1) is 64.0. The predicted molar refractivity (Wildman–Crippen MR) is 282 cm³/mol. The average Bonchev–Trinajstić information content (AvgIpc) is 3.39. The molecule has 4 rings (SSSR count). The molecule has 15 atom stereocenters. The van der Waals surface area contributed by atoms with E-state index in [1.54, 1.807) is 34.1 Å². The Morgan fingerprint density at radius 3 is 2.20 bits per heavy atom. The summed E-state index contributed by atoms with van der Waals surface area (Å²) in [4.78, 5) is 73.3. The molecule has 0 aromatic heterocycles. The van der Waals surface area contributed by atoms with Gasteiger partial charge in [-0.25, -0.2) is 4.79 Å². The van der Waals surface area contributed by atoms with Crippen LogP contribution in [-0.4, -0.2) is 174 Å². The van der Waals surface area contributed by atoms with Crippen molar-refractivity contribution in [2.24, 2.45) is 35.5 Å². The van der Waals surface area contributed by atoms with Gasteiger partial charge in [-0.2, -0.15) is 0 Å². The Bertz CT molecular complexity index is 1930. The molecular weight excluding hydrogens is 967 g/mol. The molecule has 3 fully saturated rings. The van der Waals surface area contributed by atoms with Gasteiger partial charge in [0.2, 0.25) is 5.79 Å². The van der Waals surface area contributed by atoms with Crippen LogP contribution in [0.2, 0.25) is 0 Å². The van der Waals surface area contributed by atoms with E-state index >= 15 is 0 Å². The quantitative estimate of drug-likeness (QED) is 0.0698. The Balaban J connectivity index is 1.72. The fourth-order valence-electron chi connectivity index (χ4n) is 11.2. The Morgan fingerprint density at radius 2 is 1.51 bits per heavy atom. The summed E-state index contributed by atoms with van der Waals surface area (Å²) in [7, 11) is 6.22. The van der Waals surface area contributed by atoms with Crippen molar-refractivity contribution in [2.45, 2.75) is 180 Å². The summed E-state index contributed by atoms with van der Waals surface area (Å²) >= 11 is 0. The summed E-state index contributed by atoms with van der Waals surface area (Å²) in [6, 6.07) is -1.15. The number of hydrogen-bond acceptors (Lipinski definition) is 16. The fourth-order valence-corrected chi connectivity index (χ4v) is 11.2. The van der Waals surface area contributed by atoms with Gasteiger partial charge >= 0.3 is 5.97 Å². The predicted octanol–water partition coefficient (Wildman–Crippen LogP) is 6.88. The highest BCUT2D eigenvalue weighted by molar-refractivity contribution is 6.39. The minimum atomic E-state index is -2.47. The van der Waals surface area contributed by atoms with Crippen molar-refractivity contribution < 1.29 is 76.8 Å². The molecule has 1 aliphatic carbocycles. The maximum Gasteiger partial charge on any atom is 0.329 e. The van der Waals surface area contributed by atoms with E-state index < -0.39 is 71.8 Å². The van der Waals surface area contributed by atoms with Crippen molar-refractivity contribution >= 4 is 29.2 Å². The van der Waals surface area contributed by atoms with Crippen molar-refractivity contribution in [3.05, 3.63) is 47.6 Å². The first-order chi connectivity index (χ1) is 35.8. The SMILES string of the molecule is COCCOCCO[C@H]1C[C@@H]2CC[C@@H](C)[C@@](O)(O2)C(=O)C(=O)N2CCCC[C@H]2C(=O)O[C@H]([C@H](C)C[C@@H]2CC[C@@H](OCCO)[C@H](OC)C2)CC(=O)[C@H](C)/C=C(\C)[C@@H](OC)[C@@H](OC)C(=O)[C@H](C)C[C@H](C)/C=C/C=C/C=C/1C. The van der Waals surface area contributed by atoms with Crippen LogP contribution < -0.4 is 0 Å². The third kappa shape index (κ3) is 18.8. The van der Waals surface area contributed by atoms with Crippen molar-refractivity contribution in [2.75, 3.05) is 74.6 Å². The first-order valence-electron chi connectivity index (χ1n) is 27.5. The van der Waals surface area contributed by atoms with Crippen LogP contribution in [-0.2, 0) is 66.6 Å². The van der Waals surface area contributed by atoms with E-state index in [1.165, 1.54) is 19.1 Å². The van der Waals surface area contributed by atoms with Crippen LogP contribution >= 0.6 is 0 Å². The Labute approximate surface area is 447 Å². The highest BCUT2D eigenvalue weighted by Gasteiger charge is 2.53. The number of nitrogens with zero attached hydrogens (tertiary/aromatic N) is 1. The van der Waals surface area contributed by atoms with E-state index in [0.717, 1.165) is 12.0 Å². The lowest BCUT2D eigenvalue weighted by Gasteiger charge is -2.43. The summed E-state index contributed by atoms with van der Waals surface area (Å²) in [6.07, 6.45) is 12.9. The normalized spacial score (nSPS) is 36.6. The Morgan fingerprint density at radius 1 is 0.773 bits per heavy atom. The number of carbonyl (C=O) groups is 5. The zero-order valence-corrected chi connectivity index (χ0v) is 47.0. The second-order valence-electron chi connectivity index (χ2n) is 21.6. The minimum Gasteiger partial charge on any atom is -0.460 e. The molecule has 3 heterocycles. The van der Waals surface area contributed by atoms with E-state index in [2.05, 4.69) is 0 Å². The zero-order valence-electron chi connectivity index (χ0n) is 47.0. The molecule has 3 aliphatic heterocycles. The third-order valence-corrected chi connectivity index (χ3v) is 15.8. The van der Waals surface area contributed by atoms with Crippen LogP contribution in [0.3, 0.4) is 0 Å². The zero-order chi connectivity index (χ0) is 55.2. The van der Waals surface area contributed by atoms with Gasteiger partial charge in [0.05, 0.1) is 64.1 Å². The molecule has 0 spiro atoms. The highest BCUT2D eigenvalue weighted by Crippen LogP contribution is 2.38. The van der Waals surface area contributed by atoms with Gasteiger partial charge < -0.3 is 57.7 Å². The number of Topliss-reactive ketones (excluding diaryl/α,β-unsaturated/α-hetero) is 3. The molecular formula is C58H93NO16. The van der Waals surface area contributed by atoms with Gasteiger partial charge in [0, 0.05) is 65.6 Å². The molecule has 4 aliphatic rings. The topological polar surface area (TPSA) is 212 Å². The number of carbonyl (C=O) groups excluding carboxylic acids is 5. The minimum absolute atomic E-state index is 0.0309. The standard InChI is InChI=1S/C58H93NO16/c1-37-17-13-12-14-18-38(2)49(73-30-29-71-28-27-67-8)35-45-22-20-43(7)58(66,75-45)55(63)56(64)59-24-16-15-19-46(59)57(65)74-50(40(4)33-44-21-23-48(72-26-25-60)51(34-44)68-9)36-47(61)39(3)32-42(6)53(69-10)54(70-11)52(62)41(5)31-37/h12-14,17-18,32,37,39-41,43-46,48-51,53-54,60,66H,15-16,19-31,33-36H2,1-11H3/b14-12+,17-13+,38-18+,42-32+/t37-,39-,40-,41-,43-,44+,45+,46+,48-,49+,50+,51-,53-,54+,58-/m1/s1. The van der Waals surface area contributed by atoms with E-state index in [0.29, 0.717) is 76.8 Å². The number of aliphatic hydroxyl groups excluding tert-OH is 1. The number of allylic oxidation sites excluding steroid dienone is 6. The third-order valence-electron chi connectivity index (χ3n) is 15.8. The summed E-state index contributed by atoms with van der Waals surface area (Å²) in [5.41, 5.74) is 1.49. The summed E-state index contributed by atoms with van der Waals surface area (Å²) < 4.78 is 53.3. The van der Waals surface area contributed by atoms with Crippen LogP contribution in [0.25, 0.3) is 0 Å². The molecule has 75 heavy (non-hydrogen) atoms. The van der Waals surface area contributed by atoms with Crippen molar-refractivity contribution in [1.29, 1.82) is 0 Å². The second kappa shape index (κ2) is 32.4. The molecule has 0 aromatic rings. The maximum absolute atomic E-state index is 14.6. The van der Waals surface area contributed by atoms with E-state index in [-0.39, 0.29) is 93.1 Å². The number of cyclic esters (lactones) is 1. The number of ketones is 3. The van der Waals surface area contributed by atoms with Gasteiger partial charge in [0.15, 0.2) is 5.78 Å². The smallest absolute Gasteiger partial charge is 0.329 e. The Hall–Kier alpha value is -3.49. The average molecular weight is 1060 g/mol. The number of piperidine rings is 1. The molecule has 0 aromatic carbocycles. The molecule has 426 valence electrons. The van der Waals surface area contributed by atoms with Crippen LogP contribution in [0, 0.1) is 35.5 Å². The Kier molecular flexibility index (Phi) is 27.7. The highest BCUT2D eigenvalue weighted by atomic mass is 16.6. The number of ether oxygens (including phenoxy) is 9. The van der Waals surface area contributed by atoms with E-state index in [1.807, 2.05) is 65.0 Å². The number of fused-ring (bicyclic) bond motifs is 3. The second-order valence-corrected chi connectivity index (χ2v) is 21.6. The van der Waals surface area contributed by atoms with Gasteiger partial charge in [-0.3, -0.25) is 19.2 Å². The maximum atomic E-state index is 14.6. The first-order valence-corrected chi connectivity index (χ1v) is 27.5. The van der Waals surface area contributed by atoms with Crippen LogP contribution in [0.4, 0.5) is 0 Å². The molecule has 17 nitrogen and oxygen atoms in total. The fraction of sp³-hybridized carbons (Fsp3) is 0.776. The van der Waals surface area contributed by atoms with Gasteiger partial charge in [0.25, 0.3) is 11.7 Å². The summed E-state index contributed by atoms with van der Waals surface area (Å²) in [6.45, 7) is 14.6. The number of rotatable bonds is 16. The number of esters is 1. The number of aliphatic hydroxyl groups is 2. The van der Waals surface area contributed by atoms with Gasteiger partial charge in [-0.15, -0.1) is 0 Å². The van der Waals surface area contributed by atoms with E-state index in [4.69, 9.17) is 42.6 Å². The number of amides is 1. The summed E-state index contributed by atoms with van der Waals surface area (Å²) in [5, 5.41) is 21.6. The van der Waals surface area contributed by atoms with Crippen LogP contribution in [0.1, 0.15) is 126 Å². The molecule has 0 unspecified atom stereocenters. The largest absolute Gasteiger partial charge is 0.460 e. The van der Waals surface area contributed by atoms with Crippen LogP contribution in [0.5, 0.6) is 0 Å². The number of hydrogen-bond donors (Lipinski definition) is 2. The lowest BCUT2D eigenvalue weighted by atomic mass is 9.78. The van der Waals surface area contributed by atoms with E-state index in [9.17, 15) is 34.2 Å². The van der Waals surface area contributed by atoms with Crippen molar-refractivity contribution in [3.63, 3.8) is 0 Å². The molecule has 2 saturated heterocycles. The lowest BCUT2D eigenvalue weighted by molar-refractivity contribution is -0.266. The van der Waals surface area contributed by atoms with Crippen molar-refractivity contribution in [3.8, 4) is 0 Å². The molecule has 1 amide bonds. The molecule has 2 bridgehead atoms. The van der Waals surface area contributed by atoms with Gasteiger partial charge in [-0.1, -0.05) is 71.1 Å². The molecule has 0 radical (unpaired) electrons. The monoisotopic (exact) mass is 1060 g/mol. The summed E-state index contributed by atoms with van der Waals surface area (Å²) in [5.74, 6) is -7.67. The van der Waals surface area contributed by atoms with Crippen molar-refractivity contribution in [1.82, 2.24) is 4.90 Å².